The number of hydrogen-bond donors (Lipinski definition) is 1. The van der Waals surface area contributed by atoms with Gasteiger partial charge in [0.15, 0.2) is 0 Å². The summed E-state index contributed by atoms with van der Waals surface area (Å²) in [5.41, 5.74) is 1.18. The lowest BCUT2D eigenvalue weighted by Crippen LogP contribution is -2.02. The molecule has 108 valence electrons. The highest BCUT2D eigenvalue weighted by atomic mass is 32.2. The number of hydrogen-bond acceptors (Lipinski definition) is 2. The minimum absolute atomic E-state index is 0.0269. The Morgan fingerprint density at radius 3 is 1.84 bits per heavy atom. The number of benzene rings is 1. The van der Waals surface area contributed by atoms with Gasteiger partial charge in [0.2, 0.25) is 0 Å². The van der Waals surface area contributed by atoms with E-state index < -0.39 is 10.1 Å². The zero-order valence-corrected chi connectivity index (χ0v) is 12.6. The lowest BCUT2D eigenvalue weighted by Gasteiger charge is -2.17. The predicted octanol–water partition coefficient (Wildman–Crippen LogP) is 4.40. The van der Waals surface area contributed by atoms with Crippen LogP contribution in [0.4, 0.5) is 0 Å². The average molecular weight is 284 g/mol. The molecule has 0 atom stereocenters. The second kappa shape index (κ2) is 7.65. The fourth-order valence-electron chi connectivity index (χ4n) is 2.29. The molecule has 0 saturated carbocycles. The Morgan fingerprint density at radius 2 is 1.47 bits per heavy atom. The topological polar surface area (TPSA) is 54.4 Å². The molecule has 0 fully saturated rings. The summed E-state index contributed by atoms with van der Waals surface area (Å²) < 4.78 is 31.0. The Morgan fingerprint density at radius 1 is 1.00 bits per heavy atom. The van der Waals surface area contributed by atoms with Crippen LogP contribution in [0.5, 0.6) is 0 Å². The average Bonchev–Trinajstić information content (AvgIpc) is 2.38. The zero-order chi connectivity index (χ0) is 14.3. The minimum Gasteiger partial charge on any atom is -0.282 e. The molecule has 0 bridgehead atoms. The molecule has 0 saturated heterocycles. The van der Waals surface area contributed by atoms with Crippen LogP contribution in [0, 0.1) is 0 Å². The highest BCUT2D eigenvalue weighted by molar-refractivity contribution is 7.85. The van der Waals surface area contributed by atoms with E-state index in [0.29, 0.717) is 5.92 Å². The van der Waals surface area contributed by atoms with Gasteiger partial charge in [0.05, 0.1) is 4.90 Å². The van der Waals surface area contributed by atoms with Crippen LogP contribution in [0.25, 0.3) is 0 Å². The third-order valence-corrected chi connectivity index (χ3v) is 4.33. The van der Waals surface area contributed by atoms with Crippen molar-refractivity contribution in [3.8, 4) is 0 Å². The fraction of sp³-hybridized carbons (Fsp3) is 0.600. The van der Waals surface area contributed by atoms with Crippen LogP contribution in [0.3, 0.4) is 0 Å². The molecule has 0 aliphatic rings. The maximum absolute atomic E-state index is 11.0. The summed E-state index contributed by atoms with van der Waals surface area (Å²) in [4.78, 5) is -0.0269. The van der Waals surface area contributed by atoms with E-state index in [-0.39, 0.29) is 4.90 Å². The molecule has 0 aliphatic carbocycles. The Balaban J connectivity index is 2.83. The molecule has 1 N–H and O–H groups in total. The standard InChI is InChI=1S/C15H24O3S/c1-3-5-7-13(8-6-4-2)14-9-11-15(12-10-14)19(16,17)18/h9-13H,3-8H2,1-2H3,(H,16,17,18). The Kier molecular flexibility index (Phi) is 6.52. The summed E-state index contributed by atoms with van der Waals surface area (Å²) in [6.45, 7) is 4.36. The van der Waals surface area contributed by atoms with Gasteiger partial charge in [-0.05, 0) is 36.5 Å². The zero-order valence-electron chi connectivity index (χ0n) is 11.8. The first-order valence-electron chi connectivity index (χ1n) is 7.06. The van der Waals surface area contributed by atoms with Gasteiger partial charge in [-0.2, -0.15) is 8.42 Å². The van der Waals surface area contributed by atoms with Crippen LogP contribution in [0.15, 0.2) is 29.2 Å². The summed E-state index contributed by atoms with van der Waals surface area (Å²) in [5.74, 6) is 0.496. The van der Waals surface area contributed by atoms with Crippen molar-refractivity contribution in [3.05, 3.63) is 29.8 Å². The minimum atomic E-state index is -4.08. The number of unbranched alkanes of at least 4 members (excludes halogenated alkanes) is 2. The molecule has 0 unspecified atom stereocenters. The smallest absolute Gasteiger partial charge is 0.282 e. The third kappa shape index (κ3) is 5.33. The van der Waals surface area contributed by atoms with Crippen molar-refractivity contribution in [3.63, 3.8) is 0 Å². The molecule has 0 heterocycles. The molecule has 19 heavy (non-hydrogen) atoms. The van der Waals surface area contributed by atoms with E-state index in [4.69, 9.17) is 4.55 Å². The third-order valence-electron chi connectivity index (χ3n) is 3.46. The van der Waals surface area contributed by atoms with Crippen LogP contribution in [-0.2, 0) is 10.1 Å². The fourth-order valence-corrected chi connectivity index (χ4v) is 2.77. The summed E-state index contributed by atoms with van der Waals surface area (Å²) in [6, 6.07) is 6.66. The van der Waals surface area contributed by atoms with E-state index in [1.807, 2.05) is 12.1 Å². The molecular weight excluding hydrogens is 260 g/mol. The molecule has 0 amide bonds. The van der Waals surface area contributed by atoms with Gasteiger partial charge in [-0.15, -0.1) is 0 Å². The SMILES string of the molecule is CCCCC(CCCC)c1ccc(S(=O)(=O)O)cc1. The van der Waals surface area contributed by atoms with Crippen LogP contribution < -0.4 is 0 Å². The van der Waals surface area contributed by atoms with Crippen molar-refractivity contribution in [1.82, 2.24) is 0 Å². The van der Waals surface area contributed by atoms with Crippen molar-refractivity contribution in [2.45, 2.75) is 63.2 Å². The van der Waals surface area contributed by atoms with Gasteiger partial charge in [-0.3, -0.25) is 4.55 Å². The second-order valence-corrected chi connectivity index (χ2v) is 6.45. The highest BCUT2D eigenvalue weighted by Crippen LogP contribution is 2.28. The Hall–Kier alpha value is -0.870. The number of rotatable bonds is 8. The maximum atomic E-state index is 11.0. The predicted molar refractivity (Wildman–Crippen MR) is 78.0 cm³/mol. The van der Waals surface area contributed by atoms with Crippen LogP contribution in [0.1, 0.15) is 63.9 Å². The molecule has 0 spiro atoms. The van der Waals surface area contributed by atoms with E-state index in [2.05, 4.69) is 13.8 Å². The molecule has 1 aromatic carbocycles. The largest absolute Gasteiger partial charge is 0.294 e. The molecule has 3 nitrogen and oxygen atoms in total. The summed E-state index contributed by atoms with van der Waals surface area (Å²) >= 11 is 0. The molecule has 4 heteroatoms. The van der Waals surface area contributed by atoms with E-state index >= 15 is 0 Å². The maximum Gasteiger partial charge on any atom is 0.294 e. The van der Waals surface area contributed by atoms with Crippen molar-refractivity contribution in [2.75, 3.05) is 0 Å². The molecule has 0 aliphatic heterocycles. The molecule has 0 aromatic heterocycles. The van der Waals surface area contributed by atoms with Gasteiger partial charge in [-0.1, -0.05) is 51.7 Å². The molecule has 1 aromatic rings. The van der Waals surface area contributed by atoms with Crippen molar-refractivity contribution >= 4 is 10.1 Å². The van der Waals surface area contributed by atoms with Crippen LogP contribution in [0.2, 0.25) is 0 Å². The lowest BCUT2D eigenvalue weighted by atomic mass is 9.89. The second-order valence-electron chi connectivity index (χ2n) is 5.03. The van der Waals surface area contributed by atoms with E-state index in [9.17, 15) is 8.42 Å². The molecule has 1 rings (SSSR count). The van der Waals surface area contributed by atoms with Crippen LogP contribution >= 0.6 is 0 Å². The highest BCUT2D eigenvalue weighted by Gasteiger charge is 2.13. The summed E-state index contributed by atoms with van der Waals surface area (Å²) in [5, 5.41) is 0. The quantitative estimate of drug-likeness (QED) is 0.720. The van der Waals surface area contributed by atoms with E-state index in [1.165, 1.54) is 43.4 Å². The molecular formula is C15H24O3S. The molecule has 0 radical (unpaired) electrons. The van der Waals surface area contributed by atoms with Gasteiger partial charge < -0.3 is 0 Å². The van der Waals surface area contributed by atoms with Gasteiger partial charge >= 0.3 is 0 Å². The lowest BCUT2D eigenvalue weighted by molar-refractivity contribution is 0.483. The monoisotopic (exact) mass is 284 g/mol. The van der Waals surface area contributed by atoms with Crippen molar-refractivity contribution in [1.29, 1.82) is 0 Å². The van der Waals surface area contributed by atoms with E-state index in [0.717, 1.165) is 12.8 Å². The van der Waals surface area contributed by atoms with Gasteiger partial charge in [0, 0.05) is 0 Å². The van der Waals surface area contributed by atoms with E-state index in [1.54, 1.807) is 0 Å². The van der Waals surface area contributed by atoms with Gasteiger partial charge in [-0.25, -0.2) is 0 Å². The first-order valence-corrected chi connectivity index (χ1v) is 8.50. The van der Waals surface area contributed by atoms with Crippen LogP contribution in [-0.4, -0.2) is 13.0 Å². The normalized spacial score (nSPS) is 12.0. The first kappa shape index (κ1) is 16.2. The van der Waals surface area contributed by atoms with Gasteiger partial charge in [0.1, 0.15) is 0 Å². The van der Waals surface area contributed by atoms with Crippen molar-refractivity contribution in [2.24, 2.45) is 0 Å². The van der Waals surface area contributed by atoms with Crippen molar-refractivity contribution < 1.29 is 13.0 Å². The summed E-state index contributed by atoms with van der Waals surface area (Å²) in [6.07, 6.45) is 7.00. The summed E-state index contributed by atoms with van der Waals surface area (Å²) in [7, 11) is -4.08. The first-order chi connectivity index (χ1) is 8.99. The van der Waals surface area contributed by atoms with Gasteiger partial charge in [0.25, 0.3) is 10.1 Å². The Labute approximate surface area is 116 Å². The Bertz CT molecular complexity index is 455.